The number of benzene rings is 1. The predicted octanol–water partition coefficient (Wildman–Crippen LogP) is 3.94. The van der Waals surface area contributed by atoms with Crippen LogP contribution in [0.25, 0.3) is 10.3 Å². The molecule has 28 heavy (non-hydrogen) atoms. The van der Waals surface area contributed by atoms with Gasteiger partial charge in [-0.25, -0.2) is 9.59 Å². The number of ether oxygens (including phenoxy) is 1. The number of halogens is 3. The summed E-state index contributed by atoms with van der Waals surface area (Å²) >= 11 is 1.03. The van der Waals surface area contributed by atoms with Gasteiger partial charge < -0.3 is 14.1 Å². The van der Waals surface area contributed by atoms with Gasteiger partial charge in [-0.2, -0.15) is 13.2 Å². The lowest BCUT2D eigenvalue weighted by molar-refractivity contribution is -0.137. The van der Waals surface area contributed by atoms with Crippen molar-refractivity contribution in [2.24, 2.45) is 0 Å². The molecular weight excluding hydrogens is 399 g/mol. The molecular formula is C18H12F3NO5S. The predicted molar refractivity (Wildman–Crippen MR) is 95.9 cm³/mol. The van der Waals surface area contributed by atoms with Gasteiger partial charge in [-0.15, -0.1) is 11.3 Å². The number of rotatable bonds is 3. The molecule has 3 aromatic rings. The fourth-order valence-electron chi connectivity index (χ4n) is 2.44. The molecule has 0 saturated carbocycles. The van der Waals surface area contributed by atoms with E-state index in [4.69, 9.17) is 4.42 Å². The van der Waals surface area contributed by atoms with Crippen LogP contribution in [0.3, 0.4) is 0 Å². The number of nitrogens with zero attached hydrogens (tertiary/aromatic N) is 1. The van der Waals surface area contributed by atoms with Gasteiger partial charge in [0, 0.05) is 18.7 Å². The Morgan fingerprint density at radius 2 is 1.89 bits per heavy atom. The van der Waals surface area contributed by atoms with Gasteiger partial charge in [0.2, 0.25) is 0 Å². The van der Waals surface area contributed by atoms with E-state index in [1.807, 2.05) is 0 Å². The van der Waals surface area contributed by atoms with Crippen molar-refractivity contribution < 1.29 is 31.9 Å². The highest BCUT2D eigenvalue weighted by Crippen LogP contribution is 2.33. The minimum absolute atomic E-state index is 0.140. The molecule has 0 aliphatic rings. The summed E-state index contributed by atoms with van der Waals surface area (Å²) in [4.78, 5) is 37.2. The van der Waals surface area contributed by atoms with Gasteiger partial charge in [-0.3, -0.25) is 4.79 Å². The van der Waals surface area contributed by atoms with Gasteiger partial charge in [0.1, 0.15) is 10.6 Å². The number of hydrogen-bond donors (Lipinski definition) is 0. The molecule has 0 N–H and O–H groups in total. The van der Waals surface area contributed by atoms with Crippen LogP contribution in [-0.2, 0) is 10.9 Å². The number of anilines is 1. The van der Waals surface area contributed by atoms with E-state index in [0.717, 1.165) is 41.5 Å². The van der Waals surface area contributed by atoms with Crippen LogP contribution >= 0.6 is 11.3 Å². The molecule has 0 fully saturated rings. The first-order valence-electron chi connectivity index (χ1n) is 7.73. The van der Waals surface area contributed by atoms with Crippen molar-refractivity contribution in [1.82, 2.24) is 0 Å². The van der Waals surface area contributed by atoms with E-state index >= 15 is 0 Å². The van der Waals surface area contributed by atoms with E-state index in [9.17, 15) is 27.6 Å². The Morgan fingerprint density at radius 1 is 1.18 bits per heavy atom. The summed E-state index contributed by atoms with van der Waals surface area (Å²) in [5, 5.41) is 0.322. The molecule has 2 aromatic heterocycles. The molecule has 1 aromatic carbocycles. The fraction of sp³-hybridized carbons (Fsp3) is 0.167. The average molecular weight is 411 g/mol. The maximum absolute atomic E-state index is 12.9. The molecule has 0 bridgehead atoms. The Bertz CT molecular complexity index is 1130. The maximum atomic E-state index is 12.9. The van der Waals surface area contributed by atoms with Crippen molar-refractivity contribution in [3.05, 3.63) is 63.5 Å². The maximum Gasteiger partial charge on any atom is 0.416 e. The van der Waals surface area contributed by atoms with E-state index in [-0.39, 0.29) is 16.7 Å². The van der Waals surface area contributed by atoms with Crippen molar-refractivity contribution in [3.8, 4) is 0 Å². The first-order valence-corrected chi connectivity index (χ1v) is 8.55. The van der Waals surface area contributed by atoms with Gasteiger partial charge in [-0.05, 0) is 24.3 Å². The van der Waals surface area contributed by atoms with Gasteiger partial charge >= 0.3 is 17.8 Å². The summed E-state index contributed by atoms with van der Waals surface area (Å²) in [6.07, 6.45) is -4.57. The molecule has 6 nitrogen and oxygen atoms in total. The van der Waals surface area contributed by atoms with E-state index in [0.29, 0.717) is 9.70 Å². The lowest BCUT2D eigenvalue weighted by Gasteiger charge is -2.16. The normalized spacial score (nSPS) is 11.5. The van der Waals surface area contributed by atoms with Gasteiger partial charge in [0.05, 0.1) is 17.4 Å². The first-order chi connectivity index (χ1) is 13.1. The molecule has 0 aliphatic carbocycles. The molecule has 10 heteroatoms. The lowest BCUT2D eigenvalue weighted by Crippen LogP contribution is -2.25. The zero-order valence-electron chi connectivity index (χ0n) is 14.5. The topological polar surface area (TPSA) is 76.8 Å². The zero-order valence-corrected chi connectivity index (χ0v) is 15.3. The van der Waals surface area contributed by atoms with Crippen LogP contribution in [0.2, 0.25) is 0 Å². The second-order valence-electron chi connectivity index (χ2n) is 5.69. The highest BCUT2D eigenvalue weighted by atomic mass is 32.1. The SMILES string of the molecule is COC(=O)c1cc2sc(N(C)C(=O)c3cccc(C(F)(F)F)c3)cc2oc1=O. The molecule has 0 aliphatic heterocycles. The molecule has 3 rings (SSSR count). The molecule has 1 amide bonds. The number of carbonyl (C=O) groups is 2. The van der Waals surface area contributed by atoms with Gasteiger partial charge in [0.25, 0.3) is 5.91 Å². The van der Waals surface area contributed by atoms with E-state index in [1.165, 1.54) is 25.2 Å². The van der Waals surface area contributed by atoms with E-state index in [2.05, 4.69) is 4.74 Å². The molecule has 0 unspecified atom stereocenters. The molecule has 146 valence electrons. The Hall–Kier alpha value is -3.14. The number of thiophene rings is 1. The Balaban J connectivity index is 1.97. The largest absolute Gasteiger partial charge is 0.465 e. The second kappa shape index (κ2) is 7.12. The van der Waals surface area contributed by atoms with Crippen LogP contribution in [-0.4, -0.2) is 26.0 Å². The minimum atomic E-state index is -4.57. The van der Waals surface area contributed by atoms with Crippen molar-refractivity contribution in [2.75, 3.05) is 19.1 Å². The third-order valence-corrected chi connectivity index (χ3v) is 5.03. The minimum Gasteiger partial charge on any atom is -0.465 e. The average Bonchev–Trinajstić information content (AvgIpc) is 3.07. The quantitative estimate of drug-likeness (QED) is 0.611. The summed E-state index contributed by atoms with van der Waals surface area (Å²) in [6, 6.07) is 6.74. The van der Waals surface area contributed by atoms with E-state index < -0.39 is 29.2 Å². The summed E-state index contributed by atoms with van der Waals surface area (Å²) < 4.78 is 48.6. The summed E-state index contributed by atoms with van der Waals surface area (Å²) in [7, 11) is 2.50. The van der Waals surface area contributed by atoms with Gasteiger partial charge in [-0.1, -0.05) is 6.07 Å². The van der Waals surface area contributed by atoms with Crippen LogP contribution in [0, 0.1) is 0 Å². The van der Waals surface area contributed by atoms with Gasteiger partial charge in [0.15, 0.2) is 5.58 Å². The summed E-state index contributed by atoms with van der Waals surface area (Å²) in [5.74, 6) is -1.54. The third kappa shape index (κ3) is 3.63. The molecule has 2 heterocycles. The standard InChI is InChI=1S/C18H12F3NO5S/c1-22(15(23)9-4-3-5-10(6-9)18(19,20)21)14-8-12-13(28-14)7-11(16(24)26-2)17(25)27-12/h3-8H,1-2H3. The molecule has 0 atom stereocenters. The smallest absolute Gasteiger partial charge is 0.416 e. The van der Waals surface area contributed by atoms with Crippen molar-refractivity contribution in [2.45, 2.75) is 6.18 Å². The van der Waals surface area contributed by atoms with Crippen LogP contribution < -0.4 is 10.5 Å². The third-order valence-electron chi connectivity index (χ3n) is 3.89. The van der Waals surface area contributed by atoms with Crippen LogP contribution in [0.15, 0.2) is 45.6 Å². The number of alkyl halides is 3. The number of esters is 1. The fourth-order valence-corrected chi connectivity index (χ4v) is 3.43. The Kier molecular flexibility index (Phi) is 4.99. The summed E-state index contributed by atoms with van der Waals surface area (Å²) in [6.45, 7) is 0. The molecule has 0 spiro atoms. The number of hydrogen-bond acceptors (Lipinski definition) is 6. The monoisotopic (exact) mass is 411 g/mol. The highest BCUT2D eigenvalue weighted by molar-refractivity contribution is 7.22. The highest BCUT2D eigenvalue weighted by Gasteiger charge is 2.31. The van der Waals surface area contributed by atoms with Crippen LogP contribution in [0.1, 0.15) is 26.3 Å². The van der Waals surface area contributed by atoms with E-state index in [1.54, 1.807) is 0 Å². The number of amides is 1. The zero-order chi connectivity index (χ0) is 20.6. The van der Waals surface area contributed by atoms with Crippen molar-refractivity contribution in [3.63, 3.8) is 0 Å². The summed E-state index contributed by atoms with van der Waals surface area (Å²) in [5.41, 5.74) is -2.13. The number of fused-ring (bicyclic) bond motifs is 1. The number of carbonyl (C=O) groups excluding carboxylic acids is 2. The Labute approximate surface area is 159 Å². The first kappa shape index (κ1) is 19.6. The lowest BCUT2D eigenvalue weighted by atomic mass is 10.1. The van der Waals surface area contributed by atoms with Crippen molar-refractivity contribution in [1.29, 1.82) is 0 Å². The van der Waals surface area contributed by atoms with Crippen LogP contribution in [0.4, 0.5) is 18.2 Å². The number of methoxy groups -OCH3 is 1. The Morgan fingerprint density at radius 3 is 2.54 bits per heavy atom. The van der Waals surface area contributed by atoms with Crippen molar-refractivity contribution >= 4 is 38.5 Å². The van der Waals surface area contributed by atoms with Crippen LogP contribution in [0.5, 0.6) is 0 Å². The molecule has 0 radical (unpaired) electrons. The second-order valence-corrected chi connectivity index (χ2v) is 6.76. The molecule has 0 saturated heterocycles.